The highest BCUT2D eigenvalue weighted by molar-refractivity contribution is 5.96. The molecule has 2 atom stereocenters. The van der Waals surface area contributed by atoms with Crippen molar-refractivity contribution in [2.24, 2.45) is 0 Å². The number of benzene rings is 3. The molecule has 0 bridgehead atoms. The molecule has 1 aromatic heterocycles. The number of aliphatic hydroxyl groups is 1. The molecule has 0 spiro atoms. The smallest absolute Gasteiger partial charge is 0.374 e. The summed E-state index contributed by atoms with van der Waals surface area (Å²) in [5.74, 6) is -0.970. The third-order valence-electron chi connectivity index (χ3n) is 10.8. The zero-order chi connectivity index (χ0) is 50.0. The highest BCUT2D eigenvalue weighted by atomic mass is 16.9. The van der Waals surface area contributed by atoms with Crippen LogP contribution in [0.25, 0.3) is 0 Å². The maximum absolute atomic E-state index is 13.5. The van der Waals surface area contributed by atoms with Crippen LogP contribution in [0.5, 0.6) is 23.0 Å². The van der Waals surface area contributed by atoms with Gasteiger partial charge in [0, 0.05) is 24.3 Å². The third kappa shape index (κ3) is 22.8. The van der Waals surface area contributed by atoms with E-state index in [0.717, 1.165) is 109 Å². The minimum Gasteiger partial charge on any atom is -0.585 e. The van der Waals surface area contributed by atoms with Crippen LogP contribution in [0.4, 0.5) is 5.69 Å². The number of carbonyl (C=O) groups is 4. The van der Waals surface area contributed by atoms with Crippen molar-refractivity contribution in [3.05, 3.63) is 133 Å². The van der Waals surface area contributed by atoms with Gasteiger partial charge in [0.05, 0.1) is 51.5 Å². The number of esters is 4. The molecule has 0 fully saturated rings. The van der Waals surface area contributed by atoms with Gasteiger partial charge in [0.25, 0.3) is 0 Å². The molecule has 2 N–H and O–H groups in total. The Bertz CT molecular complexity index is 2120. The van der Waals surface area contributed by atoms with Crippen LogP contribution in [0.2, 0.25) is 0 Å². The Morgan fingerprint density at radius 2 is 1.09 bits per heavy atom. The maximum atomic E-state index is 13.5. The molecule has 16 heteroatoms. The summed E-state index contributed by atoms with van der Waals surface area (Å²) in [6, 6.07) is 20.3. The van der Waals surface area contributed by atoms with Crippen molar-refractivity contribution in [1.29, 1.82) is 0 Å². The highest BCUT2D eigenvalue weighted by Crippen LogP contribution is 2.27. The van der Waals surface area contributed by atoms with Gasteiger partial charge < -0.3 is 52.7 Å². The molecule has 0 amide bonds. The number of ether oxygens (including phenoxy) is 7. The number of quaternary nitrogens is 1. The number of aliphatic hydroxyl groups excluding tert-OH is 1. The van der Waals surface area contributed by atoms with Gasteiger partial charge in [0.1, 0.15) is 22.8 Å². The normalized spacial score (nSPS) is 11.7. The van der Waals surface area contributed by atoms with Crippen LogP contribution in [0.1, 0.15) is 140 Å². The van der Waals surface area contributed by atoms with E-state index in [1.807, 2.05) is 0 Å². The average molecular weight is 972 g/mol. The summed E-state index contributed by atoms with van der Waals surface area (Å²) in [4.78, 5) is 55.5. The van der Waals surface area contributed by atoms with E-state index in [0.29, 0.717) is 51.0 Å². The molecular weight excluding hydrogens is 903 g/mol. The number of hydrogen-bond donors (Lipinski definition) is 2. The van der Waals surface area contributed by atoms with Gasteiger partial charge in [0.2, 0.25) is 5.76 Å². The van der Waals surface area contributed by atoms with Crippen LogP contribution in [-0.4, -0.2) is 74.9 Å². The Balaban J connectivity index is 1.24. The first-order chi connectivity index (χ1) is 34.2. The lowest BCUT2D eigenvalue weighted by molar-refractivity contribution is -0.963. The maximum Gasteiger partial charge on any atom is 0.374 e. The Labute approximate surface area is 411 Å². The summed E-state index contributed by atoms with van der Waals surface area (Å²) < 4.78 is 43.4. The standard InChI is InChI=1S/C54H69NO15/c1-3-50(56)65-36-18-14-12-16-34-62-44-28-24-42(25-29-44)52(58)69-48-33-32-46(70-55(61)43-26-30-45(31-27-43)63-35-17-13-15-19-37-66-51(57)4-2)41-47(48)53(59)67-38-20-10-8-6-5-7-9-11-21-39-68-54(60)49-23-22-40-64-49/h3-4,22-33,40-41,51,55,57H,1-2,5-21,34-39H2. The Morgan fingerprint density at radius 1 is 0.586 bits per heavy atom. The zero-order valence-electron chi connectivity index (χ0n) is 40.2. The van der Waals surface area contributed by atoms with Crippen LogP contribution >= 0.6 is 0 Å². The number of carbonyl (C=O) groups excluding carboxylic acids is 4. The number of furan rings is 1. The van der Waals surface area contributed by atoms with Gasteiger partial charge in [-0.1, -0.05) is 64.5 Å². The first kappa shape index (κ1) is 56.1. The van der Waals surface area contributed by atoms with Crippen molar-refractivity contribution >= 4 is 29.6 Å². The summed E-state index contributed by atoms with van der Waals surface area (Å²) in [6.07, 6.45) is 18.2. The number of hydrogen-bond acceptors (Lipinski definition) is 15. The fraction of sp³-hybridized carbons (Fsp3) is 0.444. The fourth-order valence-electron chi connectivity index (χ4n) is 6.83. The molecule has 3 aromatic carbocycles. The van der Waals surface area contributed by atoms with Crippen molar-refractivity contribution in [3.63, 3.8) is 0 Å². The second kappa shape index (κ2) is 33.9. The summed E-state index contributed by atoms with van der Waals surface area (Å²) in [6.45, 7) is 9.13. The molecule has 380 valence electrons. The Morgan fingerprint density at radius 3 is 1.63 bits per heavy atom. The Hall–Kier alpha value is -6.46. The number of unbranched alkanes of at least 4 members (excludes halogenated alkanes) is 14. The van der Waals surface area contributed by atoms with E-state index in [1.165, 1.54) is 30.5 Å². The van der Waals surface area contributed by atoms with Gasteiger partial charge >= 0.3 is 23.9 Å². The van der Waals surface area contributed by atoms with Crippen molar-refractivity contribution < 1.29 is 71.9 Å². The van der Waals surface area contributed by atoms with Gasteiger partial charge in [-0.05, 0) is 125 Å². The summed E-state index contributed by atoms with van der Waals surface area (Å²) in [7, 11) is 0. The quantitative estimate of drug-likeness (QED) is 0.00627. The van der Waals surface area contributed by atoms with E-state index >= 15 is 0 Å². The minimum atomic E-state index is -0.943. The molecule has 70 heavy (non-hydrogen) atoms. The molecule has 4 rings (SSSR count). The minimum absolute atomic E-state index is 0.0500. The largest absolute Gasteiger partial charge is 0.585 e. The Kier molecular flexibility index (Phi) is 27.2. The molecule has 0 aliphatic carbocycles. The van der Waals surface area contributed by atoms with Gasteiger partial charge in [-0.25, -0.2) is 19.2 Å². The van der Waals surface area contributed by atoms with Crippen LogP contribution < -0.4 is 24.3 Å². The van der Waals surface area contributed by atoms with Crippen molar-refractivity contribution in [2.75, 3.05) is 39.6 Å². The fourth-order valence-corrected chi connectivity index (χ4v) is 6.83. The third-order valence-corrected chi connectivity index (χ3v) is 10.8. The molecule has 2 unspecified atom stereocenters. The molecular formula is C54H69NO15. The van der Waals surface area contributed by atoms with Crippen LogP contribution in [0.3, 0.4) is 0 Å². The first-order valence-corrected chi connectivity index (χ1v) is 24.3. The molecule has 0 radical (unpaired) electrons. The van der Waals surface area contributed by atoms with Crippen molar-refractivity contribution in [2.45, 2.75) is 115 Å². The molecule has 0 saturated heterocycles. The second-order valence-electron chi connectivity index (χ2n) is 16.3. The van der Waals surface area contributed by atoms with Gasteiger partial charge in [-0.2, -0.15) is 0 Å². The average Bonchev–Trinajstić information content (AvgIpc) is 3.93. The van der Waals surface area contributed by atoms with Crippen LogP contribution in [0, 0.1) is 5.21 Å². The lowest BCUT2D eigenvalue weighted by atomic mass is 10.1. The molecule has 4 aromatic rings. The molecule has 0 aliphatic heterocycles. The lowest BCUT2D eigenvalue weighted by Crippen LogP contribution is -3.04. The van der Waals surface area contributed by atoms with Gasteiger partial charge in [0.15, 0.2) is 17.7 Å². The topological polar surface area (TPSA) is 203 Å². The summed E-state index contributed by atoms with van der Waals surface area (Å²) in [5, 5.41) is 21.9. The molecule has 16 nitrogen and oxygen atoms in total. The predicted octanol–water partition coefficient (Wildman–Crippen LogP) is 10.2. The monoisotopic (exact) mass is 971 g/mol. The predicted molar refractivity (Wildman–Crippen MR) is 261 cm³/mol. The lowest BCUT2D eigenvalue weighted by Gasteiger charge is -2.20. The zero-order valence-corrected chi connectivity index (χ0v) is 40.2. The van der Waals surface area contributed by atoms with E-state index in [2.05, 4.69) is 13.2 Å². The summed E-state index contributed by atoms with van der Waals surface area (Å²) >= 11 is 0. The van der Waals surface area contributed by atoms with E-state index in [-0.39, 0.29) is 40.7 Å². The van der Waals surface area contributed by atoms with Crippen LogP contribution in [-0.2, 0) is 23.7 Å². The van der Waals surface area contributed by atoms with E-state index < -0.39 is 35.4 Å². The van der Waals surface area contributed by atoms with Gasteiger partial charge in [-0.15, -0.1) is 5.23 Å². The van der Waals surface area contributed by atoms with Crippen LogP contribution in [0.15, 0.2) is 115 Å². The summed E-state index contributed by atoms with van der Waals surface area (Å²) in [5.41, 5.74) is 0.398. The van der Waals surface area contributed by atoms with Gasteiger partial charge in [-0.3, -0.25) is 0 Å². The van der Waals surface area contributed by atoms with E-state index in [4.69, 9.17) is 42.4 Å². The second-order valence-corrected chi connectivity index (χ2v) is 16.3. The SMILES string of the molecule is C=CC(=O)OCCCCCCOc1ccc(C(=O)Oc2ccc(O[NH+]([O-])c3ccc(OCCCCCCOC(O)C=C)cc3)cc2C(=O)OCCCCCCCCCCCOC(=O)c2ccco2)cc1. The highest BCUT2D eigenvalue weighted by Gasteiger charge is 2.21. The van der Waals surface area contributed by atoms with E-state index in [9.17, 15) is 29.5 Å². The number of rotatable bonds is 38. The first-order valence-electron chi connectivity index (χ1n) is 24.3. The van der Waals surface area contributed by atoms with E-state index in [1.54, 1.807) is 60.7 Å². The molecule has 0 aliphatic rings. The van der Waals surface area contributed by atoms with Crippen molar-refractivity contribution in [1.82, 2.24) is 0 Å². The number of nitrogens with one attached hydrogen (secondary N) is 1. The molecule has 0 saturated carbocycles. The molecule has 1 heterocycles. The van der Waals surface area contributed by atoms with Crippen molar-refractivity contribution in [3.8, 4) is 23.0 Å².